The van der Waals surface area contributed by atoms with Crippen molar-refractivity contribution in [2.45, 2.75) is 32.0 Å². The number of carbonyl (C=O) groups is 1. The Morgan fingerprint density at radius 3 is 2.83 bits per heavy atom. The van der Waals surface area contributed by atoms with Gasteiger partial charge in [-0.15, -0.1) is 0 Å². The van der Waals surface area contributed by atoms with Gasteiger partial charge in [-0.2, -0.15) is 0 Å². The molecule has 0 aromatic carbocycles. The van der Waals surface area contributed by atoms with Crippen molar-refractivity contribution in [3.05, 3.63) is 53.9 Å². The molecule has 2 aromatic heterocycles. The zero-order valence-electron chi connectivity index (χ0n) is 16.6. The minimum absolute atomic E-state index is 0. The van der Waals surface area contributed by atoms with Gasteiger partial charge in [0.2, 0.25) is 5.78 Å². The van der Waals surface area contributed by atoms with Crippen molar-refractivity contribution in [3.8, 4) is 0 Å². The van der Waals surface area contributed by atoms with Crippen LogP contribution in [0.4, 0.5) is 20.4 Å². The van der Waals surface area contributed by atoms with Crippen LogP contribution in [0.25, 0.3) is 5.83 Å². The van der Waals surface area contributed by atoms with Gasteiger partial charge in [0.05, 0.1) is 5.56 Å². The van der Waals surface area contributed by atoms with Gasteiger partial charge in [0.25, 0.3) is 0 Å². The second-order valence-electron chi connectivity index (χ2n) is 7.76. The van der Waals surface area contributed by atoms with Crippen molar-refractivity contribution in [1.29, 1.82) is 0 Å². The Morgan fingerprint density at radius 1 is 1.41 bits per heavy atom. The maximum absolute atomic E-state index is 14.1. The first-order chi connectivity index (χ1) is 13.7. The molecule has 3 rings (SSSR count). The molecule has 8 heteroatoms. The van der Waals surface area contributed by atoms with E-state index in [4.69, 9.17) is 5.73 Å². The zero-order valence-corrected chi connectivity index (χ0v) is 16.6. The van der Waals surface area contributed by atoms with Gasteiger partial charge in [0.15, 0.2) is 0 Å². The van der Waals surface area contributed by atoms with Gasteiger partial charge in [0.1, 0.15) is 28.8 Å². The van der Waals surface area contributed by atoms with Crippen LogP contribution in [0.2, 0.25) is 0 Å². The van der Waals surface area contributed by atoms with Gasteiger partial charge in [-0.1, -0.05) is 6.58 Å². The molecule has 0 unspecified atom stereocenters. The van der Waals surface area contributed by atoms with Crippen LogP contribution in [-0.2, 0) is 0 Å². The van der Waals surface area contributed by atoms with Gasteiger partial charge < -0.3 is 16.0 Å². The molecule has 0 aliphatic carbocycles. The first kappa shape index (κ1) is 20.9. The van der Waals surface area contributed by atoms with Gasteiger partial charge >= 0.3 is 0 Å². The fourth-order valence-corrected chi connectivity index (χ4v) is 3.51. The smallest absolute Gasteiger partial charge is 0.215 e. The summed E-state index contributed by atoms with van der Waals surface area (Å²) in [6, 6.07) is 6.17. The quantitative estimate of drug-likeness (QED) is 0.707. The molecular formula is C21H31F2N5O. The summed E-state index contributed by atoms with van der Waals surface area (Å²) >= 11 is 0. The van der Waals surface area contributed by atoms with E-state index in [0.29, 0.717) is 31.9 Å². The predicted molar refractivity (Wildman–Crippen MR) is 117 cm³/mol. The lowest BCUT2D eigenvalue weighted by Crippen LogP contribution is -2.52. The normalized spacial score (nSPS) is 17.2. The topological polar surface area (TPSA) is 84.1 Å². The van der Waals surface area contributed by atoms with Crippen molar-refractivity contribution >= 4 is 23.2 Å². The van der Waals surface area contributed by atoms with Crippen LogP contribution in [0.3, 0.4) is 0 Å². The summed E-state index contributed by atoms with van der Waals surface area (Å²) in [6.45, 7) is 8.21. The fourth-order valence-electron chi connectivity index (χ4n) is 3.51. The number of hydrogen-bond donors (Lipinski definition) is 2. The van der Waals surface area contributed by atoms with Gasteiger partial charge in [-0.05, 0) is 44.5 Å². The van der Waals surface area contributed by atoms with Crippen molar-refractivity contribution in [2.24, 2.45) is 0 Å². The molecule has 3 heterocycles. The van der Waals surface area contributed by atoms with Crippen molar-refractivity contribution < 1.29 is 17.9 Å². The molecule has 3 N–H and O–H groups in total. The van der Waals surface area contributed by atoms with Crippen LogP contribution in [0.1, 0.15) is 46.2 Å². The number of ketones is 1. The highest BCUT2D eigenvalue weighted by atomic mass is 19.1. The molecule has 0 bridgehead atoms. The van der Waals surface area contributed by atoms with E-state index in [1.165, 1.54) is 18.3 Å². The number of hydrogen-bond acceptors (Lipinski definition) is 6. The predicted octanol–water partition coefficient (Wildman–Crippen LogP) is 3.88. The fraction of sp³-hybridized carbons (Fsp3) is 0.381. The monoisotopic (exact) mass is 407 g/mol. The average Bonchev–Trinajstić information content (AvgIpc) is 2.66. The molecule has 1 atom stereocenters. The largest absolute Gasteiger partial charge is 0.383 e. The second kappa shape index (κ2) is 8.24. The Kier molecular flexibility index (Phi) is 5.93. The summed E-state index contributed by atoms with van der Waals surface area (Å²) < 4.78 is 28.0. The highest BCUT2D eigenvalue weighted by molar-refractivity contribution is 6.12. The van der Waals surface area contributed by atoms with Crippen molar-refractivity contribution in [2.75, 3.05) is 30.3 Å². The van der Waals surface area contributed by atoms with Crippen molar-refractivity contribution in [3.63, 3.8) is 0 Å². The van der Waals surface area contributed by atoms with E-state index in [-0.39, 0.29) is 33.0 Å². The number of pyridine rings is 2. The Labute approximate surface area is 173 Å². The number of nitrogen functional groups attached to an aromatic ring is 1. The Hall–Kier alpha value is -2.87. The third-order valence-corrected chi connectivity index (χ3v) is 4.78. The number of nitrogens with two attached hydrogens (primary N) is 1. The second-order valence-corrected chi connectivity index (χ2v) is 7.76. The van der Waals surface area contributed by atoms with E-state index in [2.05, 4.69) is 21.9 Å². The van der Waals surface area contributed by atoms with Crippen LogP contribution in [0, 0.1) is 0 Å². The summed E-state index contributed by atoms with van der Waals surface area (Å²) in [4.78, 5) is 23.3. The van der Waals surface area contributed by atoms with E-state index < -0.39 is 17.3 Å². The van der Waals surface area contributed by atoms with E-state index in [9.17, 15) is 13.6 Å². The van der Waals surface area contributed by atoms with Gasteiger partial charge in [0, 0.05) is 41.7 Å². The standard InChI is InChI=1S/C21H25F2N5O.3H2/c1-13(22)15-6-7-17(28-10-9-25-14(12-28)11-21(2,3)23)27-18(15)19(29)16-5-4-8-26-20(16)24;;;/h4-8,14,25H,1,9-12H2,2-3H3,(H2,24,26);3*1H/t14-;;;/m0.../s1. The number of piperazine rings is 1. The molecule has 0 amide bonds. The number of anilines is 2. The summed E-state index contributed by atoms with van der Waals surface area (Å²) in [5.74, 6) is -0.716. The highest BCUT2D eigenvalue weighted by Crippen LogP contribution is 2.26. The molecule has 0 radical (unpaired) electrons. The maximum atomic E-state index is 14.1. The van der Waals surface area contributed by atoms with E-state index in [0.717, 1.165) is 0 Å². The maximum Gasteiger partial charge on any atom is 0.215 e. The number of nitrogens with zero attached hydrogens (tertiary/aromatic N) is 3. The number of rotatable bonds is 6. The van der Waals surface area contributed by atoms with Gasteiger partial charge in [-0.3, -0.25) is 4.79 Å². The molecular weight excluding hydrogens is 376 g/mol. The average molecular weight is 408 g/mol. The number of nitrogens with one attached hydrogen (secondary N) is 1. The Morgan fingerprint density at radius 2 is 2.17 bits per heavy atom. The molecule has 1 aliphatic heterocycles. The highest BCUT2D eigenvalue weighted by Gasteiger charge is 2.28. The first-order valence-electron chi connectivity index (χ1n) is 9.44. The lowest BCUT2D eigenvalue weighted by atomic mass is 9.99. The summed E-state index contributed by atoms with van der Waals surface area (Å²) in [7, 11) is 0. The molecule has 6 nitrogen and oxygen atoms in total. The SMILES string of the molecule is C=C(F)c1ccc(N2CCN[C@@H](CC(C)(C)F)C2)nc1C(=O)c1cccnc1N.[HH].[HH].[HH]. The summed E-state index contributed by atoms with van der Waals surface area (Å²) in [6.07, 6.45) is 1.82. The minimum atomic E-state index is -1.30. The first-order valence-corrected chi connectivity index (χ1v) is 9.44. The van der Waals surface area contributed by atoms with Crippen LogP contribution in [-0.4, -0.2) is 47.1 Å². The van der Waals surface area contributed by atoms with Crippen LogP contribution >= 0.6 is 0 Å². The van der Waals surface area contributed by atoms with Crippen LogP contribution < -0.4 is 16.0 Å². The minimum Gasteiger partial charge on any atom is -0.383 e. The van der Waals surface area contributed by atoms with E-state index >= 15 is 0 Å². The lowest BCUT2D eigenvalue weighted by Gasteiger charge is -2.36. The number of alkyl halides is 1. The van der Waals surface area contributed by atoms with Crippen molar-refractivity contribution in [1.82, 2.24) is 15.3 Å². The molecule has 0 spiro atoms. The molecule has 0 saturated carbocycles. The van der Waals surface area contributed by atoms with E-state index in [1.807, 2.05) is 4.90 Å². The Balaban J connectivity index is 0.00000320. The molecule has 160 valence electrons. The molecule has 1 saturated heterocycles. The number of aromatic nitrogens is 2. The third kappa shape index (κ3) is 4.95. The van der Waals surface area contributed by atoms with Gasteiger partial charge in [-0.25, -0.2) is 18.7 Å². The zero-order chi connectivity index (χ0) is 21.2. The summed E-state index contributed by atoms with van der Waals surface area (Å²) in [5.41, 5.74) is 4.60. The van der Waals surface area contributed by atoms with Crippen LogP contribution in [0.15, 0.2) is 37.0 Å². The molecule has 1 aliphatic rings. The Bertz CT molecular complexity index is 940. The molecule has 2 aromatic rings. The number of carbonyl (C=O) groups excluding carboxylic acids is 1. The third-order valence-electron chi connectivity index (χ3n) is 4.78. The molecule has 1 fully saturated rings. The summed E-state index contributed by atoms with van der Waals surface area (Å²) in [5, 5.41) is 3.30. The van der Waals surface area contributed by atoms with Crippen LogP contribution in [0.5, 0.6) is 0 Å². The van der Waals surface area contributed by atoms with E-state index in [1.54, 1.807) is 26.0 Å². The molecule has 29 heavy (non-hydrogen) atoms. The number of halogens is 2. The lowest BCUT2D eigenvalue weighted by molar-refractivity contribution is 0.103.